The van der Waals surface area contributed by atoms with Crippen molar-refractivity contribution in [2.75, 3.05) is 6.54 Å². The lowest BCUT2D eigenvalue weighted by molar-refractivity contribution is 0.563. The highest BCUT2D eigenvalue weighted by Crippen LogP contribution is 2.17. The van der Waals surface area contributed by atoms with Crippen molar-refractivity contribution in [3.8, 4) is 0 Å². The Bertz CT molecular complexity index is 501. The first kappa shape index (κ1) is 15.1. The number of sulfonamides is 1. The van der Waals surface area contributed by atoms with Gasteiger partial charge in [-0.1, -0.05) is 26.8 Å². The predicted octanol–water partition coefficient (Wildman–Crippen LogP) is 1.62. The summed E-state index contributed by atoms with van der Waals surface area (Å²) in [5.74, 6) is -0.556. The van der Waals surface area contributed by atoms with Crippen molar-refractivity contribution in [1.82, 2.24) is 10.0 Å². The van der Waals surface area contributed by atoms with E-state index in [9.17, 15) is 12.8 Å². The minimum atomic E-state index is -3.64. The summed E-state index contributed by atoms with van der Waals surface area (Å²) in [6.45, 7) is 6.26. The topological polar surface area (TPSA) is 58.2 Å². The van der Waals surface area contributed by atoms with Crippen molar-refractivity contribution in [2.24, 2.45) is 0 Å². The molecule has 0 atom stereocenters. The molecule has 0 saturated heterocycles. The second-order valence-corrected chi connectivity index (χ2v) is 6.02. The molecular weight excluding hydrogens is 255 g/mol. The number of benzene rings is 1. The summed E-state index contributed by atoms with van der Waals surface area (Å²) >= 11 is 0. The van der Waals surface area contributed by atoms with E-state index in [1.807, 2.05) is 13.8 Å². The zero-order valence-electron chi connectivity index (χ0n) is 10.8. The fraction of sp³-hybridized carbons (Fsp3) is 0.500. The molecule has 0 aliphatic heterocycles. The molecule has 0 heterocycles. The van der Waals surface area contributed by atoms with Gasteiger partial charge in [-0.15, -0.1) is 0 Å². The van der Waals surface area contributed by atoms with Crippen LogP contribution in [-0.4, -0.2) is 21.0 Å². The molecule has 0 spiro atoms. The smallest absolute Gasteiger partial charge is 0.240 e. The van der Waals surface area contributed by atoms with Gasteiger partial charge < -0.3 is 5.32 Å². The maximum absolute atomic E-state index is 13.2. The van der Waals surface area contributed by atoms with Gasteiger partial charge in [0.25, 0.3) is 0 Å². The Labute approximate surface area is 108 Å². The van der Waals surface area contributed by atoms with Crippen LogP contribution in [0.2, 0.25) is 0 Å². The molecule has 2 N–H and O–H groups in total. The zero-order chi connectivity index (χ0) is 13.8. The van der Waals surface area contributed by atoms with Crippen LogP contribution >= 0.6 is 0 Å². The van der Waals surface area contributed by atoms with Crippen LogP contribution in [0.3, 0.4) is 0 Å². The average Bonchev–Trinajstić information content (AvgIpc) is 2.27. The minimum absolute atomic E-state index is 0.00231. The lowest BCUT2D eigenvalue weighted by atomic mass is 10.2. The van der Waals surface area contributed by atoms with Gasteiger partial charge in [-0.05, 0) is 17.7 Å². The number of nitrogens with one attached hydrogen (secondary N) is 2. The van der Waals surface area contributed by atoms with Crippen LogP contribution in [0.15, 0.2) is 23.1 Å². The van der Waals surface area contributed by atoms with Crippen LogP contribution in [0.25, 0.3) is 0 Å². The first-order chi connectivity index (χ1) is 8.36. The van der Waals surface area contributed by atoms with E-state index < -0.39 is 15.8 Å². The molecule has 0 bridgehead atoms. The highest BCUT2D eigenvalue weighted by molar-refractivity contribution is 7.89. The lowest BCUT2D eigenvalue weighted by Crippen LogP contribution is -2.27. The van der Waals surface area contributed by atoms with E-state index in [0.29, 0.717) is 12.1 Å². The van der Waals surface area contributed by atoms with Gasteiger partial charge in [-0.25, -0.2) is 17.5 Å². The Morgan fingerprint density at radius 1 is 1.33 bits per heavy atom. The van der Waals surface area contributed by atoms with Crippen molar-refractivity contribution in [3.05, 3.63) is 29.6 Å². The molecule has 0 aliphatic carbocycles. The Morgan fingerprint density at radius 3 is 2.56 bits per heavy atom. The summed E-state index contributed by atoms with van der Waals surface area (Å²) in [6.07, 6.45) is 0. The molecule has 0 aliphatic rings. The molecule has 0 unspecified atom stereocenters. The third kappa shape index (κ3) is 4.04. The van der Waals surface area contributed by atoms with Crippen LogP contribution in [0.4, 0.5) is 4.39 Å². The molecule has 0 amide bonds. The van der Waals surface area contributed by atoms with E-state index in [1.54, 1.807) is 6.92 Å². The molecule has 0 saturated carbocycles. The monoisotopic (exact) mass is 274 g/mol. The molecule has 1 aromatic carbocycles. The molecule has 0 fully saturated rings. The maximum atomic E-state index is 13.2. The Hall–Kier alpha value is -0.980. The SMILES string of the molecule is CCNS(=O)(=O)c1cc(F)ccc1CNC(C)C. The third-order valence-electron chi connectivity index (χ3n) is 2.35. The van der Waals surface area contributed by atoms with Crippen molar-refractivity contribution >= 4 is 10.0 Å². The highest BCUT2D eigenvalue weighted by atomic mass is 32.2. The van der Waals surface area contributed by atoms with Crippen LogP contribution in [0.5, 0.6) is 0 Å². The molecular formula is C12H19FN2O2S. The van der Waals surface area contributed by atoms with Crippen LogP contribution < -0.4 is 10.0 Å². The second kappa shape index (κ2) is 6.26. The van der Waals surface area contributed by atoms with Gasteiger partial charge in [0.05, 0.1) is 4.90 Å². The molecule has 1 aromatic rings. The summed E-state index contributed by atoms with van der Waals surface area (Å²) in [6, 6.07) is 4.04. The first-order valence-electron chi connectivity index (χ1n) is 5.88. The molecule has 6 heteroatoms. The summed E-state index contributed by atoms with van der Waals surface area (Å²) in [5, 5.41) is 3.12. The Morgan fingerprint density at radius 2 is 2.00 bits per heavy atom. The van der Waals surface area contributed by atoms with Gasteiger partial charge >= 0.3 is 0 Å². The number of hydrogen-bond acceptors (Lipinski definition) is 3. The standard InChI is InChI=1S/C12H19FN2O2S/c1-4-15-18(16,17)12-7-11(13)6-5-10(12)8-14-9(2)3/h5-7,9,14-15H,4,8H2,1-3H3. The molecule has 0 aromatic heterocycles. The fourth-order valence-electron chi connectivity index (χ4n) is 1.51. The van der Waals surface area contributed by atoms with E-state index in [-0.39, 0.29) is 17.5 Å². The summed E-state index contributed by atoms with van der Waals surface area (Å²) in [7, 11) is -3.64. The molecule has 0 radical (unpaired) electrons. The summed E-state index contributed by atoms with van der Waals surface area (Å²) in [5.41, 5.74) is 0.561. The van der Waals surface area contributed by atoms with Gasteiger partial charge in [-0.3, -0.25) is 0 Å². The highest BCUT2D eigenvalue weighted by Gasteiger charge is 2.18. The second-order valence-electron chi connectivity index (χ2n) is 4.29. The molecule has 18 heavy (non-hydrogen) atoms. The normalized spacial score (nSPS) is 12.1. The molecule has 4 nitrogen and oxygen atoms in total. The predicted molar refractivity (Wildman–Crippen MR) is 69.2 cm³/mol. The maximum Gasteiger partial charge on any atom is 0.240 e. The van der Waals surface area contributed by atoms with Gasteiger partial charge in [-0.2, -0.15) is 0 Å². The zero-order valence-corrected chi connectivity index (χ0v) is 11.6. The minimum Gasteiger partial charge on any atom is -0.310 e. The van der Waals surface area contributed by atoms with Gasteiger partial charge in [0.2, 0.25) is 10.0 Å². The third-order valence-corrected chi connectivity index (χ3v) is 3.98. The quantitative estimate of drug-likeness (QED) is 0.829. The van der Waals surface area contributed by atoms with E-state index >= 15 is 0 Å². The Balaban J connectivity index is 3.11. The largest absolute Gasteiger partial charge is 0.310 e. The van der Waals surface area contributed by atoms with Crippen molar-refractivity contribution < 1.29 is 12.8 Å². The summed E-state index contributed by atoms with van der Waals surface area (Å²) < 4.78 is 39.5. The number of rotatable bonds is 6. The van der Waals surface area contributed by atoms with Crippen molar-refractivity contribution in [3.63, 3.8) is 0 Å². The van der Waals surface area contributed by atoms with Crippen molar-refractivity contribution in [2.45, 2.75) is 38.3 Å². The van der Waals surface area contributed by atoms with Gasteiger partial charge in [0, 0.05) is 19.1 Å². The molecule has 1 rings (SSSR count). The van der Waals surface area contributed by atoms with Crippen molar-refractivity contribution in [1.29, 1.82) is 0 Å². The van der Waals surface area contributed by atoms with E-state index in [1.165, 1.54) is 12.1 Å². The Kier molecular flexibility index (Phi) is 5.25. The lowest BCUT2D eigenvalue weighted by Gasteiger charge is -2.13. The average molecular weight is 274 g/mol. The first-order valence-corrected chi connectivity index (χ1v) is 7.36. The van der Waals surface area contributed by atoms with Crippen LogP contribution in [0.1, 0.15) is 26.3 Å². The fourth-order valence-corrected chi connectivity index (χ4v) is 2.80. The molecule has 102 valence electrons. The summed E-state index contributed by atoms with van der Waals surface area (Å²) in [4.78, 5) is -0.00231. The van der Waals surface area contributed by atoms with E-state index in [4.69, 9.17) is 0 Å². The van der Waals surface area contributed by atoms with Crippen LogP contribution in [0, 0.1) is 5.82 Å². The van der Waals surface area contributed by atoms with Crippen LogP contribution in [-0.2, 0) is 16.6 Å². The van der Waals surface area contributed by atoms with Gasteiger partial charge in [0.15, 0.2) is 0 Å². The number of halogens is 1. The number of hydrogen-bond donors (Lipinski definition) is 2. The van der Waals surface area contributed by atoms with E-state index in [2.05, 4.69) is 10.0 Å². The van der Waals surface area contributed by atoms with Gasteiger partial charge in [0.1, 0.15) is 5.82 Å². The van der Waals surface area contributed by atoms with E-state index in [0.717, 1.165) is 6.07 Å².